The van der Waals surface area contributed by atoms with Crippen LogP contribution in [0, 0.1) is 5.92 Å². The van der Waals surface area contributed by atoms with Crippen molar-refractivity contribution in [3.8, 4) is 0 Å². The minimum absolute atomic E-state index is 0.0888. The number of ether oxygens (including phenoxy) is 4. The van der Waals surface area contributed by atoms with Gasteiger partial charge in [0, 0.05) is 0 Å². The van der Waals surface area contributed by atoms with Crippen LogP contribution in [0.3, 0.4) is 0 Å². The van der Waals surface area contributed by atoms with Crippen molar-refractivity contribution in [3.63, 3.8) is 0 Å². The van der Waals surface area contributed by atoms with Crippen LogP contribution in [0.4, 0.5) is 0 Å². The number of benzene rings is 11. The monoisotopic (exact) mass is 1130 g/mol. The second-order valence-electron chi connectivity index (χ2n) is 21.4. The van der Waals surface area contributed by atoms with Crippen LogP contribution in [-0.2, 0) is 39.7 Å². The third-order valence-corrected chi connectivity index (χ3v) is 31.0. The molecule has 0 aliphatic carbocycles. The third-order valence-electron chi connectivity index (χ3n) is 16.6. The van der Waals surface area contributed by atoms with E-state index in [9.17, 15) is 0 Å². The molecule has 78 heavy (non-hydrogen) atoms. The fourth-order valence-electron chi connectivity index (χ4n) is 13.3. The Bertz CT molecular complexity index is 3750. The molecular formula is C71H58O6Sn. The van der Waals surface area contributed by atoms with Gasteiger partial charge in [-0.3, -0.25) is 0 Å². The van der Waals surface area contributed by atoms with Gasteiger partial charge in [0.1, 0.15) is 0 Å². The van der Waals surface area contributed by atoms with Crippen molar-refractivity contribution in [3.05, 3.63) is 283 Å². The Morgan fingerprint density at radius 2 is 0.692 bits per heavy atom. The summed E-state index contributed by atoms with van der Waals surface area (Å²) < 4.78 is 35.2. The number of hydrogen-bond acceptors (Lipinski definition) is 6. The zero-order valence-electron chi connectivity index (χ0n) is 43.6. The fourth-order valence-corrected chi connectivity index (χ4v) is 27.8. The van der Waals surface area contributed by atoms with E-state index in [0.29, 0.717) is 4.44 Å². The molecule has 13 rings (SSSR count). The molecule has 2 heterocycles. The summed E-state index contributed by atoms with van der Waals surface area (Å²) in [6.45, 7) is 3.82. The summed E-state index contributed by atoms with van der Waals surface area (Å²) in [5.41, 5.74) is -0.650. The second kappa shape index (κ2) is 20.2. The van der Waals surface area contributed by atoms with Gasteiger partial charge in [0.2, 0.25) is 0 Å². The average Bonchev–Trinajstić information content (AvgIpc) is 3.85. The number of carbonyl (C=O) groups excluding carboxylic acids is 2. The summed E-state index contributed by atoms with van der Waals surface area (Å²) >= 11 is -4.38. The molecule has 7 heteroatoms. The van der Waals surface area contributed by atoms with Gasteiger partial charge in [-0.25, -0.2) is 0 Å². The van der Waals surface area contributed by atoms with Crippen LogP contribution in [0.5, 0.6) is 0 Å². The quantitative estimate of drug-likeness (QED) is 0.106. The molecule has 382 valence electrons. The number of carbonyl (C=O) groups is 2. The average molecular weight is 1130 g/mol. The van der Waals surface area contributed by atoms with Crippen molar-refractivity contribution < 1.29 is 28.5 Å². The first-order chi connectivity index (χ1) is 38.2. The van der Waals surface area contributed by atoms with Gasteiger partial charge >= 0.3 is 462 Å². The van der Waals surface area contributed by atoms with Crippen molar-refractivity contribution in [1.82, 2.24) is 0 Å². The van der Waals surface area contributed by atoms with E-state index in [2.05, 4.69) is 188 Å². The van der Waals surface area contributed by atoms with Crippen LogP contribution in [-0.4, -0.2) is 48.3 Å². The number of cyclic esters (lactones) is 2. The van der Waals surface area contributed by atoms with Crippen molar-refractivity contribution in [2.45, 2.75) is 60.3 Å². The molecule has 2 aliphatic rings. The van der Waals surface area contributed by atoms with Gasteiger partial charge in [-0.15, -0.1) is 0 Å². The van der Waals surface area contributed by atoms with Crippen molar-refractivity contribution in [2.75, 3.05) is 0 Å². The molecule has 0 aromatic heterocycles. The molecule has 6 nitrogen and oxygen atoms in total. The normalized spacial score (nSPS) is 19.2. The molecule has 0 N–H and O–H groups in total. The summed E-state index contributed by atoms with van der Waals surface area (Å²) in [7, 11) is 0. The zero-order chi connectivity index (χ0) is 52.9. The SMILES string of the molecule is CC1(C)O[C@@H]2[C@@H](O1)C(c1cccc3ccccc13)(c1cccc3ccccc13)OC(=O)C([CH2][Sn]([c]1ccccc1)([c]1ccccc1)[c]1ccccc1)CCC(=O)OC2(c1cccc2ccccc12)c1cccc2ccccc12. The second-order valence-corrected chi connectivity index (χ2v) is 32.7. The summed E-state index contributed by atoms with van der Waals surface area (Å²) in [6, 6.07) is 90.0. The number of hydrogen-bond donors (Lipinski definition) is 0. The van der Waals surface area contributed by atoms with E-state index >= 15 is 9.59 Å². The third kappa shape index (κ3) is 8.31. The first-order valence-corrected chi connectivity index (χ1v) is 33.4. The van der Waals surface area contributed by atoms with Crippen molar-refractivity contribution >= 4 is 84.1 Å². The van der Waals surface area contributed by atoms with E-state index in [-0.39, 0.29) is 12.8 Å². The molecular weight excluding hydrogens is 1070 g/mol. The summed E-state index contributed by atoms with van der Waals surface area (Å²) in [5.74, 6) is -3.04. The van der Waals surface area contributed by atoms with Crippen molar-refractivity contribution in [2.24, 2.45) is 5.92 Å². The number of fused-ring (bicyclic) bond motifs is 5. The molecule has 0 spiro atoms. The molecule has 0 radical (unpaired) electrons. The van der Waals surface area contributed by atoms with E-state index in [1.165, 1.54) is 10.7 Å². The molecule has 3 atom stereocenters. The first kappa shape index (κ1) is 49.7. The molecule has 0 saturated carbocycles. The van der Waals surface area contributed by atoms with Gasteiger partial charge in [0.15, 0.2) is 0 Å². The van der Waals surface area contributed by atoms with Crippen LogP contribution in [0.2, 0.25) is 4.44 Å². The van der Waals surface area contributed by atoms with Gasteiger partial charge in [-0.05, 0) is 0 Å². The zero-order valence-corrected chi connectivity index (χ0v) is 46.5. The van der Waals surface area contributed by atoms with Crippen LogP contribution >= 0.6 is 0 Å². The maximum atomic E-state index is 17.0. The van der Waals surface area contributed by atoms with E-state index < -0.39 is 65.4 Å². The Kier molecular flexibility index (Phi) is 12.8. The van der Waals surface area contributed by atoms with Crippen LogP contribution in [0.15, 0.2) is 261 Å². The standard InChI is InChI=1S/C53H43O6.3C6H5.Sn/c1-34-32-33-47(54)56-52(43-28-12-20-35-16-4-8-24-39(35)43,44-29-13-21-36-17-5-9-25-40(36)44)48-49(58-51(2,3)57-48)53(59-50(34)55,45-30-14-22-37-18-6-10-26-41(37)45)46-31-15-23-38-19-7-11-27-42(38)46;3*1-2-4-6-5-3-1;/h4-31,34,48-49H,1,32-33H2,2-3H3;3*1-5H;/t34?,48-,49-;;;;/m1..../s1. The Morgan fingerprint density at radius 3 is 1.05 bits per heavy atom. The van der Waals surface area contributed by atoms with Crippen LogP contribution in [0.1, 0.15) is 48.9 Å². The predicted molar refractivity (Wildman–Crippen MR) is 315 cm³/mol. The molecule has 1 unspecified atom stereocenters. The molecule has 0 bridgehead atoms. The summed E-state index contributed by atoms with van der Waals surface area (Å²) in [6.07, 6.45) is -2.31. The first-order valence-electron chi connectivity index (χ1n) is 27.1. The topological polar surface area (TPSA) is 71.1 Å². The van der Waals surface area contributed by atoms with E-state index in [1.54, 1.807) is 0 Å². The Hall–Kier alpha value is -7.88. The van der Waals surface area contributed by atoms with Gasteiger partial charge in [0.05, 0.1) is 0 Å². The molecule has 2 fully saturated rings. The summed E-state index contributed by atoms with van der Waals surface area (Å²) in [5, 5.41) is 7.35. The predicted octanol–water partition coefficient (Wildman–Crippen LogP) is 13.7. The van der Waals surface area contributed by atoms with Gasteiger partial charge in [-0.2, -0.15) is 0 Å². The molecule has 2 saturated heterocycles. The Morgan fingerprint density at radius 1 is 0.385 bits per heavy atom. The van der Waals surface area contributed by atoms with E-state index in [1.807, 2.05) is 86.6 Å². The number of esters is 2. The Labute approximate surface area is 459 Å². The van der Waals surface area contributed by atoms with Crippen molar-refractivity contribution in [1.29, 1.82) is 0 Å². The Balaban J connectivity index is 1.17. The van der Waals surface area contributed by atoms with Crippen LogP contribution in [0.25, 0.3) is 43.1 Å². The van der Waals surface area contributed by atoms with Gasteiger partial charge < -0.3 is 0 Å². The molecule has 11 aromatic carbocycles. The number of rotatable bonds is 9. The fraction of sp³-hybridized carbons (Fsp3) is 0.155. The summed E-state index contributed by atoms with van der Waals surface area (Å²) in [4.78, 5) is 33.0. The molecule has 11 aromatic rings. The van der Waals surface area contributed by atoms with Gasteiger partial charge in [0.25, 0.3) is 0 Å². The van der Waals surface area contributed by atoms with E-state index in [0.717, 1.165) is 65.3 Å². The van der Waals surface area contributed by atoms with E-state index in [4.69, 9.17) is 18.9 Å². The minimum atomic E-state index is -4.38. The van der Waals surface area contributed by atoms with Gasteiger partial charge in [-0.1, -0.05) is 0 Å². The maximum absolute atomic E-state index is 17.0. The molecule has 2 aliphatic heterocycles. The van der Waals surface area contributed by atoms with Crippen LogP contribution < -0.4 is 10.7 Å². The molecule has 0 amide bonds.